The zero-order valence-corrected chi connectivity index (χ0v) is 10.1. The Balaban J connectivity index is 2.53. The maximum Gasteiger partial charge on any atom is 0.150 e. The van der Waals surface area contributed by atoms with Crippen LogP contribution in [0.5, 0.6) is 0 Å². The standard InChI is InChI=1S/C14H9ClFNO/c15-12-4-1-5-13(16)14(12)11(9-18)7-10-3-2-6-17-8-10/h1-9H. The van der Waals surface area contributed by atoms with Crippen molar-refractivity contribution in [1.82, 2.24) is 4.98 Å². The summed E-state index contributed by atoms with van der Waals surface area (Å²) in [6, 6.07) is 7.80. The van der Waals surface area contributed by atoms with Crippen molar-refractivity contribution in [2.45, 2.75) is 0 Å². The molecule has 0 aliphatic rings. The van der Waals surface area contributed by atoms with Gasteiger partial charge in [0.1, 0.15) is 5.82 Å². The lowest BCUT2D eigenvalue weighted by Crippen LogP contribution is -1.93. The highest BCUT2D eigenvalue weighted by atomic mass is 35.5. The molecule has 0 bridgehead atoms. The number of aldehydes is 1. The van der Waals surface area contributed by atoms with E-state index >= 15 is 0 Å². The third kappa shape index (κ3) is 2.63. The van der Waals surface area contributed by atoms with Crippen LogP contribution in [0.1, 0.15) is 11.1 Å². The molecule has 0 aliphatic carbocycles. The lowest BCUT2D eigenvalue weighted by Gasteiger charge is -2.05. The summed E-state index contributed by atoms with van der Waals surface area (Å²) in [5.41, 5.74) is 1.00. The molecule has 0 amide bonds. The molecule has 0 radical (unpaired) electrons. The number of nitrogens with zero attached hydrogens (tertiary/aromatic N) is 1. The van der Waals surface area contributed by atoms with E-state index in [-0.39, 0.29) is 16.2 Å². The second-order valence-electron chi connectivity index (χ2n) is 3.60. The summed E-state index contributed by atoms with van der Waals surface area (Å²) in [4.78, 5) is 15.0. The Hall–Kier alpha value is -2.00. The minimum atomic E-state index is -0.523. The summed E-state index contributed by atoms with van der Waals surface area (Å²) in [7, 11) is 0. The molecule has 0 atom stereocenters. The van der Waals surface area contributed by atoms with Crippen LogP contribution in [0, 0.1) is 5.82 Å². The summed E-state index contributed by atoms with van der Waals surface area (Å²) in [5.74, 6) is -0.523. The number of carbonyl (C=O) groups excluding carboxylic acids is 1. The molecule has 1 aromatic carbocycles. The number of pyridine rings is 1. The van der Waals surface area contributed by atoms with Crippen molar-refractivity contribution in [2.24, 2.45) is 0 Å². The van der Waals surface area contributed by atoms with Crippen molar-refractivity contribution in [3.8, 4) is 0 Å². The maximum absolute atomic E-state index is 13.7. The fourth-order valence-corrected chi connectivity index (χ4v) is 1.85. The van der Waals surface area contributed by atoms with Gasteiger partial charge in [0.15, 0.2) is 6.29 Å². The zero-order chi connectivity index (χ0) is 13.0. The Morgan fingerprint density at radius 3 is 2.72 bits per heavy atom. The van der Waals surface area contributed by atoms with Gasteiger partial charge in [0.2, 0.25) is 0 Å². The molecule has 4 heteroatoms. The normalized spacial score (nSPS) is 11.3. The van der Waals surface area contributed by atoms with Crippen LogP contribution in [0.25, 0.3) is 11.6 Å². The van der Waals surface area contributed by atoms with Gasteiger partial charge in [0, 0.05) is 23.5 Å². The first-order valence-corrected chi connectivity index (χ1v) is 5.61. The highest BCUT2D eigenvalue weighted by Gasteiger charge is 2.11. The molecule has 2 rings (SSSR count). The van der Waals surface area contributed by atoms with Crippen LogP contribution >= 0.6 is 11.6 Å². The van der Waals surface area contributed by atoms with E-state index in [1.54, 1.807) is 36.7 Å². The molecule has 0 unspecified atom stereocenters. The van der Waals surface area contributed by atoms with Gasteiger partial charge in [-0.3, -0.25) is 9.78 Å². The Morgan fingerprint density at radius 1 is 1.28 bits per heavy atom. The van der Waals surface area contributed by atoms with Crippen molar-refractivity contribution >= 4 is 29.5 Å². The number of hydrogen-bond donors (Lipinski definition) is 0. The average Bonchev–Trinajstić information content (AvgIpc) is 2.38. The molecular formula is C14H9ClFNO. The van der Waals surface area contributed by atoms with Gasteiger partial charge in [-0.05, 0) is 29.8 Å². The SMILES string of the molecule is O=CC(=Cc1cccnc1)c1c(F)cccc1Cl. The predicted molar refractivity (Wildman–Crippen MR) is 69.6 cm³/mol. The first-order chi connectivity index (χ1) is 8.72. The van der Waals surface area contributed by atoms with Crippen molar-refractivity contribution in [1.29, 1.82) is 0 Å². The van der Waals surface area contributed by atoms with E-state index in [1.165, 1.54) is 12.1 Å². The summed E-state index contributed by atoms with van der Waals surface area (Å²) in [6.45, 7) is 0. The minimum Gasteiger partial charge on any atom is -0.298 e. The maximum atomic E-state index is 13.7. The van der Waals surface area contributed by atoms with Gasteiger partial charge in [0.25, 0.3) is 0 Å². The van der Waals surface area contributed by atoms with Crippen LogP contribution in [0.4, 0.5) is 4.39 Å². The first-order valence-electron chi connectivity index (χ1n) is 5.23. The van der Waals surface area contributed by atoms with Crippen LogP contribution in [0.15, 0.2) is 42.7 Å². The summed E-state index contributed by atoms with van der Waals surface area (Å²) < 4.78 is 13.7. The smallest absolute Gasteiger partial charge is 0.150 e. The minimum absolute atomic E-state index is 0.109. The molecule has 90 valence electrons. The molecular weight excluding hydrogens is 253 g/mol. The second-order valence-corrected chi connectivity index (χ2v) is 4.01. The molecule has 0 fully saturated rings. The Labute approximate surface area is 109 Å². The van der Waals surface area contributed by atoms with Gasteiger partial charge in [-0.2, -0.15) is 0 Å². The van der Waals surface area contributed by atoms with E-state index < -0.39 is 5.82 Å². The van der Waals surface area contributed by atoms with Crippen molar-refractivity contribution in [2.75, 3.05) is 0 Å². The van der Waals surface area contributed by atoms with E-state index in [0.717, 1.165) is 0 Å². The van der Waals surface area contributed by atoms with Gasteiger partial charge in [0.05, 0.1) is 5.02 Å². The number of hydrogen-bond acceptors (Lipinski definition) is 2. The molecule has 1 aromatic heterocycles. The number of benzene rings is 1. The fraction of sp³-hybridized carbons (Fsp3) is 0. The Morgan fingerprint density at radius 2 is 2.11 bits per heavy atom. The van der Waals surface area contributed by atoms with Crippen molar-refractivity contribution in [3.63, 3.8) is 0 Å². The van der Waals surface area contributed by atoms with Crippen LogP contribution < -0.4 is 0 Å². The number of rotatable bonds is 3. The summed E-state index contributed by atoms with van der Waals surface area (Å²) in [6.07, 6.45) is 5.33. The van der Waals surface area contributed by atoms with Gasteiger partial charge in [-0.25, -0.2) is 4.39 Å². The van der Waals surface area contributed by atoms with E-state index in [1.807, 2.05) is 0 Å². The molecule has 2 aromatic rings. The lowest BCUT2D eigenvalue weighted by atomic mass is 10.0. The van der Waals surface area contributed by atoms with Crippen LogP contribution in [-0.4, -0.2) is 11.3 Å². The molecule has 18 heavy (non-hydrogen) atoms. The topological polar surface area (TPSA) is 30.0 Å². The van der Waals surface area contributed by atoms with E-state index in [4.69, 9.17) is 11.6 Å². The van der Waals surface area contributed by atoms with Crippen molar-refractivity contribution < 1.29 is 9.18 Å². The van der Waals surface area contributed by atoms with E-state index in [2.05, 4.69) is 4.98 Å². The van der Waals surface area contributed by atoms with Crippen molar-refractivity contribution in [3.05, 3.63) is 64.7 Å². The highest BCUT2D eigenvalue weighted by Crippen LogP contribution is 2.26. The molecule has 0 N–H and O–H groups in total. The van der Waals surface area contributed by atoms with Crippen LogP contribution in [-0.2, 0) is 4.79 Å². The molecule has 2 nitrogen and oxygen atoms in total. The summed E-state index contributed by atoms with van der Waals surface area (Å²) >= 11 is 5.91. The average molecular weight is 262 g/mol. The number of aromatic nitrogens is 1. The molecule has 0 saturated heterocycles. The number of allylic oxidation sites excluding steroid dienone is 1. The predicted octanol–water partition coefficient (Wildman–Crippen LogP) is 3.61. The zero-order valence-electron chi connectivity index (χ0n) is 9.31. The van der Waals surface area contributed by atoms with Gasteiger partial charge in [-0.1, -0.05) is 23.7 Å². The third-order valence-electron chi connectivity index (χ3n) is 2.38. The third-order valence-corrected chi connectivity index (χ3v) is 2.70. The largest absolute Gasteiger partial charge is 0.298 e. The monoisotopic (exact) mass is 261 g/mol. The Kier molecular flexibility index (Phi) is 3.85. The number of halogens is 2. The summed E-state index contributed by atoms with van der Waals surface area (Å²) in [5, 5.41) is 0.206. The quantitative estimate of drug-likeness (QED) is 0.624. The van der Waals surface area contributed by atoms with Crippen LogP contribution in [0.2, 0.25) is 5.02 Å². The number of carbonyl (C=O) groups is 1. The van der Waals surface area contributed by atoms with Crippen LogP contribution in [0.3, 0.4) is 0 Å². The first kappa shape index (κ1) is 12.5. The van der Waals surface area contributed by atoms with E-state index in [0.29, 0.717) is 11.8 Å². The van der Waals surface area contributed by atoms with Gasteiger partial charge in [-0.15, -0.1) is 0 Å². The Bertz CT molecular complexity index is 576. The second kappa shape index (κ2) is 5.56. The molecule has 0 spiro atoms. The molecule has 0 aliphatic heterocycles. The highest BCUT2D eigenvalue weighted by molar-refractivity contribution is 6.34. The molecule has 1 heterocycles. The van der Waals surface area contributed by atoms with Gasteiger partial charge >= 0.3 is 0 Å². The lowest BCUT2D eigenvalue weighted by molar-refractivity contribution is -0.103. The van der Waals surface area contributed by atoms with Gasteiger partial charge < -0.3 is 0 Å². The molecule has 0 saturated carbocycles. The van der Waals surface area contributed by atoms with E-state index in [9.17, 15) is 9.18 Å². The fourth-order valence-electron chi connectivity index (χ4n) is 1.58.